The van der Waals surface area contributed by atoms with Crippen molar-refractivity contribution >= 4 is 16.7 Å². The van der Waals surface area contributed by atoms with E-state index in [1.165, 1.54) is 13.2 Å². The van der Waals surface area contributed by atoms with Crippen molar-refractivity contribution in [1.29, 1.82) is 0 Å². The number of aromatic nitrogens is 2. The van der Waals surface area contributed by atoms with E-state index in [2.05, 4.69) is 4.98 Å². The van der Waals surface area contributed by atoms with E-state index in [9.17, 15) is 14.3 Å². The smallest absolute Gasteiger partial charge is 0.163 e. The molecule has 1 unspecified atom stereocenters. The molecule has 1 aliphatic carbocycles. The Kier molecular flexibility index (Phi) is 6.93. The van der Waals surface area contributed by atoms with E-state index in [-0.39, 0.29) is 43.6 Å². The average molecular weight is 547 g/mol. The molecule has 2 aromatic carbocycles. The number of methoxy groups -OCH3 is 1. The third kappa shape index (κ3) is 4.69. The SMILES string of the molecule is COc1cc(C(=O)CCC(O)(c2cc3c(c(-c4c[nH]c5c(F)cccc45)n2)OCC3)C2CC2)ccc1OCCO. The van der Waals surface area contributed by atoms with E-state index < -0.39 is 5.60 Å². The molecule has 3 heterocycles. The van der Waals surface area contributed by atoms with Crippen molar-refractivity contribution in [2.45, 2.75) is 37.7 Å². The largest absolute Gasteiger partial charge is 0.493 e. The number of H-pyrrole nitrogens is 1. The number of nitrogens with one attached hydrogen (secondary N) is 1. The third-order valence-corrected chi connectivity index (χ3v) is 7.85. The molecule has 8 nitrogen and oxygen atoms in total. The number of carbonyl (C=O) groups excluding carboxylic acids is 1. The molecule has 0 saturated heterocycles. The molecule has 40 heavy (non-hydrogen) atoms. The van der Waals surface area contributed by atoms with Gasteiger partial charge < -0.3 is 29.4 Å². The zero-order valence-electron chi connectivity index (χ0n) is 22.2. The predicted molar refractivity (Wildman–Crippen MR) is 146 cm³/mol. The molecule has 2 aliphatic rings. The summed E-state index contributed by atoms with van der Waals surface area (Å²) in [5.74, 6) is 0.996. The van der Waals surface area contributed by atoms with Gasteiger partial charge in [0.1, 0.15) is 29.5 Å². The first-order chi connectivity index (χ1) is 19.4. The van der Waals surface area contributed by atoms with Crippen LogP contribution in [-0.4, -0.2) is 52.9 Å². The maximum Gasteiger partial charge on any atom is 0.163 e. The highest BCUT2D eigenvalue weighted by molar-refractivity contribution is 5.97. The Labute approximate surface area is 230 Å². The van der Waals surface area contributed by atoms with Crippen LogP contribution in [0.4, 0.5) is 4.39 Å². The Hall–Kier alpha value is -3.95. The van der Waals surface area contributed by atoms with Gasteiger partial charge in [0.2, 0.25) is 0 Å². The number of ketones is 1. The van der Waals surface area contributed by atoms with Crippen LogP contribution < -0.4 is 14.2 Å². The Morgan fingerprint density at radius 3 is 2.85 bits per heavy atom. The van der Waals surface area contributed by atoms with Crippen molar-refractivity contribution in [3.8, 4) is 28.5 Å². The fourth-order valence-corrected chi connectivity index (χ4v) is 5.58. The molecule has 6 rings (SSSR count). The maximum absolute atomic E-state index is 14.4. The molecule has 3 N–H and O–H groups in total. The summed E-state index contributed by atoms with van der Waals surface area (Å²) in [4.78, 5) is 21.2. The van der Waals surface area contributed by atoms with Crippen LogP contribution in [0.3, 0.4) is 0 Å². The maximum atomic E-state index is 14.4. The molecule has 0 spiro atoms. The fraction of sp³-hybridized carbons (Fsp3) is 0.355. The summed E-state index contributed by atoms with van der Waals surface area (Å²) in [6, 6.07) is 11.7. The van der Waals surface area contributed by atoms with Gasteiger partial charge in [-0.1, -0.05) is 12.1 Å². The van der Waals surface area contributed by atoms with Gasteiger partial charge in [0.25, 0.3) is 0 Å². The summed E-state index contributed by atoms with van der Waals surface area (Å²) >= 11 is 0. The van der Waals surface area contributed by atoms with Gasteiger partial charge in [-0.15, -0.1) is 0 Å². The standard InChI is InChI=1S/C31H31FN2O6/c1-38-26-15-18(5-8-25(26)39-14-12-35)24(36)9-11-31(37,20-6-7-20)27-16-19-10-13-40-30(19)29(34-27)22-17-33-28-21(22)3-2-4-23(28)32/h2-5,8,15-17,20,33,35,37H,6-7,9-14H2,1H3. The number of pyridine rings is 1. The van der Waals surface area contributed by atoms with Crippen LogP contribution in [0.2, 0.25) is 0 Å². The van der Waals surface area contributed by atoms with E-state index in [0.717, 1.165) is 18.4 Å². The minimum absolute atomic E-state index is 0.00905. The summed E-state index contributed by atoms with van der Waals surface area (Å²) in [5.41, 5.74) is 2.27. The molecule has 208 valence electrons. The Bertz CT molecular complexity index is 1580. The van der Waals surface area contributed by atoms with Crippen LogP contribution in [0.1, 0.15) is 47.3 Å². The summed E-state index contributed by atoms with van der Waals surface area (Å²) in [5, 5.41) is 21.8. The second kappa shape index (κ2) is 10.6. The molecule has 1 aliphatic heterocycles. The average Bonchev–Trinajstić information content (AvgIpc) is 3.57. The summed E-state index contributed by atoms with van der Waals surface area (Å²) in [7, 11) is 1.49. The van der Waals surface area contributed by atoms with Crippen LogP contribution in [0.5, 0.6) is 17.2 Å². The molecule has 0 amide bonds. The lowest BCUT2D eigenvalue weighted by Crippen LogP contribution is -2.31. The number of halogens is 1. The van der Waals surface area contributed by atoms with Crippen LogP contribution in [-0.2, 0) is 12.0 Å². The number of aromatic amines is 1. The molecule has 4 aromatic rings. The fourth-order valence-electron chi connectivity index (χ4n) is 5.58. The number of aliphatic hydroxyl groups excluding tert-OH is 1. The monoisotopic (exact) mass is 546 g/mol. The van der Waals surface area contributed by atoms with Crippen LogP contribution >= 0.6 is 0 Å². The summed E-state index contributed by atoms with van der Waals surface area (Å²) in [6.07, 6.45) is 4.41. The van der Waals surface area contributed by atoms with E-state index in [1.54, 1.807) is 30.5 Å². The highest BCUT2D eigenvalue weighted by Crippen LogP contribution is 2.50. The lowest BCUT2D eigenvalue weighted by atomic mass is 9.85. The minimum Gasteiger partial charge on any atom is -0.493 e. The Morgan fingerprint density at radius 1 is 1.23 bits per heavy atom. The number of rotatable bonds is 11. The predicted octanol–water partition coefficient (Wildman–Crippen LogP) is 4.94. The van der Waals surface area contributed by atoms with E-state index in [4.69, 9.17) is 24.3 Å². The number of ether oxygens (including phenoxy) is 3. The van der Waals surface area contributed by atoms with Crippen molar-refractivity contribution in [3.63, 3.8) is 0 Å². The molecule has 2 aromatic heterocycles. The highest BCUT2D eigenvalue weighted by atomic mass is 19.1. The zero-order chi connectivity index (χ0) is 27.9. The number of hydrogen-bond acceptors (Lipinski definition) is 7. The van der Waals surface area contributed by atoms with Gasteiger partial charge in [-0.05, 0) is 55.5 Å². The first kappa shape index (κ1) is 26.3. The molecule has 9 heteroatoms. The Balaban J connectivity index is 1.31. The molecule has 1 atom stereocenters. The zero-order valence-corrected chi connectivity index (χ0v) is 22.2. The second-order valence-electron chi connectivity index (χ2n) is 10.4. The van der Waals surface area contributed by atoms with Crippen LogP contribution in [0, 0.1) is 11.7 Å². The van der Waals surface area contributed by atoms with Crippen molar-refractivity contribution < 1.29 is 33.6 Å². The first-order valence-electron chi connectivity index (χ1n) is 13.5. The normalized spacial score (nSPS) is 15.9. The van der Waals surface area contributed by atoms with Crippen LogP contribution in [0.25, 0.3) is 22.2 Å². The first-order valence-corrected chi connectivity index (χ1v) is 13.5. The molecular formula is C31H31FN2O6. The van der Waals surface area contributed by atoms with Crippen molar-refractivity contribution in [2.24, 2.45) is 5.92 Å². The minimum atomic E-state index is -1.30. The number of fused-ring (bicyclic) bond motifs is 2. The number of benzene rings is 2. The lowest BCUT2D eigenvalue weighted by molar-refractivity contribution is -0.00112. The number of para-hydroxylation sites is 1. The Morgan fingerprint density at radius 2 is 2.08 bits per heavy atom. The van der Waals surface area contributed by atoms with Gasteiger partial charge in [-0.2, -0.15) is 0 Å². The quantitative estimate of drug-likeness (QED) is 0.228. The third-order valence-electron chi connectivity index (χ3n) is 7.85. The second-order valence-corrected chi connectivity index (χ2v) is 10.4. The van der Waals surface area contributed by atoms with Crippen molar-refractivity contribution in [1.82, 2.24) is 9.97 Å². The number of carbonyl (C=O) groups is 1. The molecule has 1 saturated carbocycles. The molecule has 0 radical (unpaired) electrons. The summed E-state index contributed by atoms with van der Waals surface area (Å²) in [6.45, 7) is 0.488. The van der Waals surface area contributed by atoms with Gasteiger partial charge in [-0.25, -0.2) is 9.37 Å². The number of hydrogen-bond donors (Lipinski definition) is 3. The van der Waals surface area contributed by atoms with E-state index >= 15 is 0 Å². The van der Waals surface area contributed by atoms with Gasteiger partial charge in [0, 0.05) is 41.1 Å². The van der Waals surface area contributed by atoms with Crippen molar-refractivity contribution in [2.75, 3.05) is 26.9 Å². The number of aliphatic hydroxyl groups is 2. The summed E-state index contributed by atoms with van der Waals surface area (Å²) < 4.78 is 31.2. The van der Waals surface area contributed by atoms with Gasteiger partial charge in [0.05, 0.1) is 31.5 Å². The number of Topliss-reactive ketones (excluding diaryl/α,β-unsaturated/α-hetero) is 1. The van der Waals surface area contributed by atoms with Crippen LogP contribution in [0.15, 0.2) is 48.7 Å². The highest BCUT2D eigenvalue weighted by Gasteiger charge is 2.47. The lowest BCUT2D eigenvalue weighted by Gasteiger charge is -2.29. The molecule has 0 bridgehead atoms. The number of nitrogens with zero attached hydrogens (tertiary/aromatic N) is 1. The van der Waals surface area contributed by atoms with Gasteiger partial charge >= 0.3 is 0 Å². The van der Waals surface area contributed by atoms with Gasteiger partial charge in [-0.3, -0.25) is 4.79 Å². The van der Waals surface area contributed by atoms with E-state index in [1.807, 2.05) is 12.1 Å². The molecular weight excluding hydrogens is 515 g/mol. The molecule has 1 fully saturated rings. The topological polar surface area (TPSA) is 114 Å². The van der Waals surface area contributed by atoms with Crippen molar-refractivity contribution in [3.05, 3.63) is 71.3 Å². The van der Waals surface area contributed by atoms with E-state index in [0.29, 0.717) is 63.7 Å². The van der Waals surface area contributed by atoms with Gasteiger partial charge in [0.15, 0.2) is 17.3 Å².